The van der Waals surface area contributed by atoms with E-state index in [2.05, 4.69) is 0 Å². The Kier molecular flexibility index (Phi) is 3.98. The van der Waals surface area contributed by atoms with Gasteiger partial charge in [-0.15, -0.1) is 0 Å². The smallest absolute Gasteiger partial charge is 0.329 e. The lowest BCUT2D eigenvalue weighted by Crippen LogP contribution is -2.51. The number of amides is 1. The molecule has 0 bridgehead atoms. The molecule has 21 heavy (non-hydrogen) atoms. The average molecular weight is 285 g/mol. The maximum atomic E-state index is 12.3. The van der Waals surface area contributed by atoms with Crippen molar-refractivity contribution in [2.75, 3.05) is 7.05 Å². The molecule has 0 aliphatic carbocycles. The van der Waals surface area contributed by atoms with Crippen LogP contribution in [0.15, 0.2) is 42.5 Å². The van der Waals surface area contributed by atoms with E-state index in [9.17, 15) is 14.7 Å². The van der Waals surface area contributed by atoms with E-state index in [1.165, 1.54) is 25.8 Å². The van der Waals surface area contributed by atoms with Gasteiger partial charge in [0.1, 0.15) is 5.54 Å². The van der Waals surface area contributed by atoms with E-state index in [0.717, 1.165) is 16.3 Å². The number of likely N-dealkylation sites (N-methyl/N-ethyl adjacent to an activating group) is 1. The molecule has 0 fully saturated rings. The summed E-state index contributed by atoms with van der Waals surface area (Å²) in [5.74, 6) is -1.23. The van der Waals surface area contributed by atoms with Crippen LogP contribution in [0.25, 0.3) is 10.8 Å². The Bertz CT molecular complexity index is 691. The highest BCUT2D eigenvalue weighted by Gasteiger charge is 2.34. The van der Waals surface area contributed by atoms with Gasteiger partial charge in [0.15, 0.2) is 0 Å². The minimum Gasteiger partial charge on any atom is -0.480 e. The molecule has 1 N–H and O–H groups in total. The number of fused-ring (bicyclic) bond motifs is 1. The second kappa shape index (κ2) is 5.56. The second-order valence-corrected chi connectivity index (χ2v) is 5.68. The monoisotopic (exact) mass is 285 g/mol. The van der Waals surface area contributed by atoms with Gasteiger partial charge in [-0.05, 0) is 30.2 Å². The number of aliphatic carboxylic acids is 1. The molecule has 0 aliphatic rings. The first-order valence-corrected chi connectivity index (χ1v) is 6.80. The number of benzene rings is 2. The number of carbonyl (C=O) groups excluding carboxylic acids is 1. The van der Waals surface area contributed by atoms with Crippen LogP contribution in [0.4, 0.5) is 0 Å². The predicted octanol–water partition coefficient (Wildman–Crippen LogP) is 2.70. The first-order chi connectivity index (χ1) is 9.82. The molecule has 110 valence electrons. The maximum absolute atomic E-state index is 12.3. The van der Waals surface area contributed by atoms with Gasteiger partial charge in [-0.25, -0.2) is 4.79 Å². The highest BCUT2D eigenvalue weighted by Crippen LogP contribution is 2.18. The summed E-state index contributed by atoms with van der Waals surface area (Å²) in [5, 5.41) is 11.4. The molecule has 0 aliphatic heterocycles. The molecular weight excluding hydrogens is 266 g/mol. The van der Waals surface area contributed by atoms with Crippen molar-refractivity contribution in [2.24, 2.45) is 0 Å². The summed E-state index contributed by atoms with van der Waals surface area (Å²) in [4.78, 5) is 24.7. The van der Waals surface area contributed by atoms with Crippen molar-refractivity contribution < 1.29 is 14.7 Å². The quantitative estimate of drug-likeness (QED) is 0.939. The van der Waals surface area contributed by atoms with Crippen LogP contribution in [0.1, 0.15) is 19.4 Å². The van der Waals surface area contributed by atoms with E-state index in [1.807, 2.05) is 42.5 Å². The molecule has 0 radical (unpaired) electrons. The standard InChI is InChI=1S/C17H19NO3/c1-17(2,16(20)21)18(3)15(19)11-12-8-9-13-6-4-5-7-14(13)10-12/h4-10H,11H2,1-3H3,(H,20,21). The van der Waals surface area contributed by atoms with Crippen LogP contribution in [0.3, 0.4) is 0 Å². The summed E-state index contributed by atoms with van der Waals surface area (Å²) in [7, 11) is 1.53. The molecular formula is C17H19NO3. The van der Waals surface area contributed by atoms with Gasteiger partial charge in [-0.2, -0.15) is 0 Å². The molecule has 2 aromatic rings. The Hall–Kier alpha value is -2.36. The molecule has 0 saturated heterocycles. The number of carbonyl (C=O) groups is 2. The van der Waals surface area contributed by atoms with E-state index < -0.39 is 11.5 Å². The van der Waals surface area contributed by atoms with E-state index in [4.69, 9.17) is 0 Å². The Labute approximate surface area is 124 Å². The van der Waals surface area contributed by atoms with Gasteiger partial charge in [0.05, 0.1) is 6.42 Å². The Morgan fingerprint density at radius 3 is 2.33 bits per heavy atom. The fourth-order valence-electron chi connectivity index (χ4n) is 2.10. The van der Waals surface area contributed by atoms with Gasteiger partial charge < -0.3 is 10.0 Å². The number of carboxylic acid groups (broad SMARTS) is 1. The summed E-state index contributed by atoms with van der Waals surface area (Å²) in [6, 6.07) is 13.8. The van der Waals surface area contributed by atoms with Crippen LogP contribution in [0, 0.1) is 0 Å². The van der Waals surface area contributed by atoms with Crippen molar-refractivity contribution in [3.05, 3.63) is 48.0 Å². The molecule has 0 saturated carbocycles. The fourth-order valence-corrected chi connectivity index (χ4v) is 2.10. The summed E-state index contributed by atoms with van der Waals surface area (Å²) in [5.41, 5.74) is -0.333. The minimum atomic E-state index is -1.21. The van der Waals surface area contributed by atoms with E-state index in [-0.39, 0.29) is 12.3 Å². The molecule has 0 atom stereocenters. The first-order valence-electron chi connectivity index (χ1n) is 6.80. The van der Waals surface area contributed by atoms with Crippen LogP contribution in [-0.2, 0) is 16.0 Å². The largest absolute Gasteiger partial charge is 0.480 e. The normalized spacial score (nSPS) is 11.4. The molecule has 4 nitrogen and oxygen atoms in total. The highest BCUT2D eigenvalue weighted by atomic mass is 16.4. The number of nitrogens with zero attached hydrogens (tertiary/aromatic N) is 1. The minimum absolute atomic E-state index is 0.193. The Morgan fingerprint density at radius 1 is 1.10 bits per heavy atom. The Morgan fingerprint density at radius 2 is 1.71 bits per heavy atom. The molecule has 0 aromatic heterocycles. The van der Waals surface area contributed by atoms with Crippen molar-refractivity contribution in [1.29, 1.82) is 0 Å². The second-order valence-electron chi connectivity index (χ2n) is 5.68. The van der Waals surface area contributed by atoms with Crippen LogP contribution in [-0.4, -0.2) is 34.5 Å². The number of hydrogen-bond acceptors (Lipinski definition) is 2. The first kappa shape index (κ1) is 15.0. The van der Waals surface area contributed by atoms with Gasteiger partial charge in [-0.3, -0.25) is 4.79 Å². The third kappa shape index (κ3) is 3.05. The summed E-state index contributed by atoms with van der Waals surface area (Å²) in [6.45, 7) is 3.04. The van der Waals surface area contributed by atoms with Crippen molar-refractivity contribution >= 4 is 22.6 Å². The third-order valence-corrected chi connectivity index (χ3v) is 3.91. The van der Waals surface area contributed by atoms with Gasteiger partial charge in [0.2, 0.25) is 5.91 Å². The zero-order valence-electron chi connectivity index (χ0n) is 12.5. The predicted molar refractivity (Wildman–Crippen MR) is 82.1 cm³/mol. The molecule has 2 aromatic carbocycles. The highest BCUT2D eigenvalue weighted by molar-refractivity contribution is 5.88. The molecule has 2 rings (SSSR count). The number of carboxylic acids is 1. The SMILES string of the molecule is CN(C(=O)Cc1ccc2ccccc2c1)C(C)(C)C(=O)O. The topological polar surface area (TPSA) is 57.6 Å². The molecule has 0 spiro atoms. The third-order valence-electron chi connectivity index (χ3n) is 3.91. The lowest BCUT2D eigenvalue weighted by atomic mass is 10.0. The summed E-state index contributed by atoms with van der Waals surface area (Å²) in [6.07, 6.45) is 0.193. The van der Waals surface area contributed by atoms with Gasteiger partial charge in [0.25, 0.3) is 0 Å². The molecule has 0 heterocycles. The van der Waals surface area contributed by atoms with Crippen LogP contribution in [0.2, 0.25) is 0 Å². The van der Waals surface area contributed by atoms with E-state index in [1.54, 1.807) is 0 Å². The van der Waals surface area contributed by atoms with Crippen molar-refractivity contribution in [2.45, 2.75) is 25.8 Å². The van der Waals surface area contributed by atoms with Gasteiger partial charge >= 0.3 is 5.97 Å². The van der Waals surface area contributed by atoms with E-state index in [0.29, 0.717) is 0 Å². The maximum Gasteiger partial charge on any atom is 0.329 e. The van der Waals surface area contributed by atoms with Gasteiger partial charge in [-0.1, -0.05) is 42.5 Å². The molecule has 1 amide bonds. The number of hydrogen-bond donors (Lipinski definition) is 1. The summed E-state index contributed by atoms with van der Waals surface area (Å²) >= 11 is 0. The van der Waals surface area contributed by atoms with E-state index >= 15 is 0 Å². The van der Waals surface area contributed by atoms with Crippen molar-refractivity contribution in [1.82, 2.24) is 4.90 Å². The average Bonchev–Trinajstić information content (AvgIpc) is 2.46. The molecule has 0 unspecified atom stereocenters. The lowest BCUT2D eigenvalue weighted by Gasteiger charge is -2.31. The number of rotatable bonds is 4. The van der Waals surface area contributed by atoms with Crippen LogP contribution in [0.5, 0.6) is 0 Å². The zero-order valence-corrected chi connectivity index (χ0v) is 12.5. The lowest BCUT2D eigenvalue weighted by molar-refractivity contribution is -0.155. The fraction of sp³-hybridized carbons (Fsp3) is 0.294. The van der Waals surface area contributed by atoms with Crippen LogP contribution >= 0.6 is 0 Å². The summed E-state index contributed by atoms with van der Waals surface area (Å²) < 4.78 is 0. The van der Waals surface area contributed by atoms with Gasteiger partial charge in [0, 0.05) is 7.05 Å². The molecule has 4 heteroatoms. The Balaban J connectivity index is 2.20. The van der Waals surface area contributed by atoms with Crippen molar-refractivity contribution in [3.8, 4) is 0 Å². The van der Waals surface area contributed by atoms with Crippen molar-refractivity contribution in [3.63, 3.8) is 0 Å². The zero-order chi connectivity index (χ0) is 15.6. The van der Waals surface area contributed by atoms with Crippen LogP contribution < -0.4 is 0 Å².